The molecule has 202 valence electrons. The summed E-state index contributed by atoms with van der Waals surface area (Å²) in [5, 5.41) is 3.07. The molecule has 0 aliphatic heterocycles. The number of carbonyl (C=O) groups is 2. The first-order chi connectivity index (χ1) is 17.5. The fourth-order valence-corrected chi connectivity index (χ4v) is 5.57. The van der Waals surface area contributed by atoms with E-state index in [-0.39, 0.29) is 24.4 Å². The number of sulfonamides is 1. The molecule has 0 bridgehead atoms. The van der Waals surface area contributed by atoms with Crippen LogP contribution >= 0.6 is 0 Å². The third kappa shape index (κ3) is 7.47. The number of anilines is 1. The molecule has 1 N–H and O–H groups in total. The van der Waals surface area contributed by atoms with Crippen molar-refractivity contribution in [2.24, 2.45) is 0 Å². The summed E-state index contributed by atoms with van der Waals surface area (Å²) in [5.74, 6) is 0.0559. The second-order valence-corrected chi connectivity index (χ2v) is 11.9. The molecule has 2 amide bonds. The SMILES string of the molecule is COc1ccc(CN(C(=O)CN(c2ccccc2C(C)C)S(C)(=O)=O)[C@@H](C)C(=O)NC2CCCC2)cc1. The lowest BCUT2D eigenvalue weighted by molar-refractivity contribution is -0.139. The Hall–Kier alpha value is -3.07. The lowest BCUT2D eigenvalue weighted by atomic mass is 10.0. The Bertz CT molecular complexity index is 1170. The van der Waals surface area contributed by atoms with Crippen LogP contribution in [0.4, 0.5) is 5.69 Å². The first-order valence-corrected chi connectivity index (χ1v) is 14.7. The smallest absolute Gasteiger partial charge is 0.244 e. The van der Waals surface area contributed by atoms with Crippen LogP contribution in [0.5, 0.6) is 5.75 Å². The van der Waals surface area contributed by atoms with Gasteiger partial charge in [-0.3, -0.25) is 13.9 Å². The Kier molecular flexibility index (Phi) is 9.59. The number of nitrogens with zero attached hydrogens (tertiary/aromatic N) is 2. The fraction of sp³-hybridized carbons (Fsp3) is 0.500. The highest BCUT2D eigenvalue weighted by molar-refractivity contribution is 7.92. The molecule has 2 aromatic rings. The first-order valence-electron chi connectivity index (χ1n) is 12.8. The number of nitrogens with one attached hydrogen (secondary N) is 1. The highest BCUT2D eigenvalue weighted by Gasteiger charge is 2.32. The molecule has 1 atom stereocenters. The lowest BCUT2D eigenvalue weighted by Gasteiger charge is -2.32. The number of hydrogen-bond donors (Lipinski definition) is 1. The van der Waals surface area contributed by atoms with Crippen LogP contribution in [-0.2, 0) is 26.2 Å². The third-order valence-electron chi connectivity index (χ3n) is 6.89. The molecule has 3 rings (SSSR count). The van der Waals surface area contributed by atoms with E-state index in [9.17, 15) is 18.0 Å². The van der Waals surface area contributed by atoms with E-state index in [1.54, 1.807) is 38.3 Å². The summed E-state index contributed by atoms with van der Waals surface area (Å²) < 4.78 is 32.2. The predicted octanol–water partition coefficient (Wildman–Crippen LogP) is 4.06. The summed E-state index contributed by atoms with van der Waals surface area (Å²) in [7, 11) is -2.20. The molecule has 0 radical (unpaired) electrons. The van der Waals surface area contributed by atoms with E-state index < -0.39 is 28.5 Å². The van der Waals surface area contributed by atoms with Crippen molar-refractivity contribution in [3.63, 3.8) is 0 Å². The van der Waals surface area contributed by atoms with Crippen molar-refractivity contribution in [3.05, 3.63) is 59.7 Å². The normalized spacial score (nSPS) is 14.9. The summed E-state index contributed by atoms with van der Waals surface area (Å²) in [6, 6.07) is 13.8. The Balaban J connectivity index is 1.92. The zero-order valence-electron chi connectivity index (χ0n) is 22.4. The van der Waals surface area contributed by atoms with Gasteiger partial charge in [0.25, 0.3) is 0 Å². The Labute approximate surface area is 221 Å². The molecule has 0 spiro atoms. The van der Waals surface area contributed by atoms with Crippen LogP contribution in [0.15, 0.2) is 48.5 Å². The van der Waals surface area contributed by atoms with Gasteiger partial charge < -0.3 is 15.0 Å². The van der Waals surface area contributed by atoms with Gasteiger partial charge in [0.15, 0.2) is 0 Å². The highest BCUT2D eigenvalue weighted by atomic mass is 32.2. The van der Waals surface area contributed by atoms with Crippen molar-refractivity contribution in [2.45, 2.75) is 71.0 Å². The van der Waals surface area contributed by atoms with Crippen LogP contribution in [-0.4, -0.2) is 57.1 Å². The van der Waals surface area contributed by atoms with Crippen molar-refractivity contribution < 1.29 is 22.7 Å². The summed E-state index contributed by atoms with van der Waals surface area (Å²) >= 11 is 0. The molecule has 0 unspecified atom stereocenters. The van der Waals surface area contributed by atoms with E-state index in [0.717, 1.165) is 47.4 Å². The lowest BCUT2D eigenvalue weighted by Crippen LogP contribution is -2.52. The van der Waals surface area contributed by atoms with E-state index in [1.165, 1.54) is 4.90 Å². The minimum atomic E-state index is -3.78. The van der Waals surface area contributed by atoms with E-state index >= 15 is 0 Å². The minimum absolute atomic E-state index is 0.0575. The molecular weight excluding hydrogens is 490 g/mol. The molecule has 0 heterocycles. The zero-order chi connectivity index (χ0) is 27.2. The van der Waals surface area contributed by atoms with Crippen LogP contribution in [0.2, 0.25) is 0 Å². The molecule has 37 heavy (non-hydrogen) atoms. The van der Waals surface area contributed by atoms with Gasteiger partial charge in [0.2, 0.25) is 21.8 Å². The number of benzene rings is 2. The molecule has 8 nitrogen and oxygen atoms in total. The van der Waals surface area contributed by atoms with Crippen LogP contribution in [0.3, 0.4) is 0 Å². The average molecular weight is 530 g/mol. The van der Waals surface area contributed by atoms with Crippen molar-refractivity contribution in [1.29, 1.82) is 0 Å². The summed E-state index contributed by atoms with van der Waals surface area (Å²) in [6.07, 6.45) is 5.11. The third-order valence-corrected chi connectivity index (χ3v) is 8.01. The van der Waals surface area contributed by atoms with E-state index in [0.29, 0.717) is 11.4 Å². The Morgan fingerprint density at radius 2 is 1.65 bits per heavy atom. The van der Waals surface area contributed by atoms with Crippen LogP contribution in [0.1, 0.15) is 63.5 Å². The number of methoxy groups -OCH3 is 1. The van der Waals surface area contributed by atoms with Crippen molar-refractivity contribution in [1.82, 2.24) is 10.2 Å². The second kappa shape index (κ2) is 12.4. The minimum Gasteiger partial charge on any atom is -0.497 e. The van der Waals surface area contributed by atoms with E-state index in [1.807, 2.05) is 38.1 Å². The number of carbonyl (C=O) groups excluding carboxylic acids is 2. The molecular formula is C28H39N3O5S. The number of para-hydroxylation sites is 1. The summed E-state index contributed by atoms with van der Waals surface area (Å²) in [4.78, 5) is 28.4. The molecule has 1 fully saturated rings. The van der Waals surface area contributed by atoms with E-state index in [4.69, 9.17) is 4.74 Å². The van der Waals surface area contributed by atoms with Crippen molar-refractivity contribution in [2.75, 3.05) is 24.2 Å². The topological polar surface area (TPSA) is 96.0 Å². The molecule has 1 aliphatic carbocycles. The molecule has 1 saturated carbocycles. The maximum atomic E-state index is 13.8. The highest BCUT2D eigenvalue weighted by Crippen LogP contribution is 2.29. The van der Waals surface area contributed by atoms with Crippen LogP contribution in [0.25, 0.3) is 0 Å². The number of hydrogen-bond acceptors (Lipinski definition) is 5. The van der Waals surface area contributed by atoms with Gasteiger partial charge in [-0.2, -0.15) is 0 Å². The van der Waals surface area contributed by atoms with Crippen LogP contribution < -0.4 is 14.4 Å². The molecule has 9 heteroatoms. The standard InChI is InChI=1S/C28H39N3O5S/c1-20(2)25-12-8-9-13-26(25)31(37(5,34)35)19-27(32)30(18-22-14-16-24(36-4)17-15-22)21(3)28(33)29-23-10-6-7-11-23/h8-9,12-17,20-21,23H,6-7,10-11,18-19H2,1-5H3,(H,29,33)/t21-/m0/s1. The maximum absolute atomic E-state index is 13.8. The number of amides is 2. The molecule has 0 saturated heterocycles. The second-order valence-electron chi connectivity index (χ2n) is 10.0. The summed E-state index contributed by atoms with van der Waals surface area (Å²) in [6.45, 7) is 5.41. The zero-order valence-corrected chi connectivity index (χ0v) is 23.3. The molecule has 2 aromatic carbocycles. The molecule has 1 aliphatic rings. The number of ether oxygens (including phenoxy) is 1. The maximum Gasteiger partial charge on any atom is 0.244 e. The fourth-order valence-electron chi connectivity index (χ4n) is 4.70. The van der Waals surface area contributed by atoms with Gasteiger partial charge in [0.05, 0.1) is 19.1 Å². The number of rotatable bonds is 11. The first kappa shape index (κ1) is 28.5. The monoisotopic (exact) mass is 529 g/mol. The van der Waals surface area contributed by atoms with Gasteiger partial charge in [-0.15, -0.1) is 0 Å². The summed E-state index contributed by atoms with van der Waals surface area (Å²) in [5.41, 5.74) is 2.11. The van der Waals surface area contributed by atoms with Crippen LogP contribution in [0, 0.1) is 0 Å². The van der Waals surface area contributed by atoms with E-state index in [2.05, 4.69) is 5.32 Å². The van der Waals surface area contributed by atoms with Gasteiger partial charge in [0.1, 0.15) is 18.3 Å². The van der Waals surface area contributed by atoms with Gasteiger partial charge in [-0.25, -0.2) is 8.42 Å². The molecule has 0 aromatic heterocycles. The van der Waals surface area contributed by atoms with Gasteiger partial charge >= 0.3 is 0 Å². The van der Waals surface area contributed by atoms with Gasteiger partial charge in [0, 0.05) is 12.6 Å². The quantitative estimate of drug-likeness (QED) is 0.474. The Morgan fingerprint density at radius 3 is 2.22 bits per heavy atom. The van der Waals surface area contributed by atoms with Gasteiger partial charge in [-0.1, -0.05) is 57.0 Å². The Morgan fingerprint density at radius 1 is 1.03 bits per heavy atom. The largest absolute Gasteiger partial charge is 0.497 e. The predicted molar refractivity (Wildman–Crippen MR) is 146 cm³/mol. The van der Waals surface area contributed by atoms with Gasteiger partial charge in [-0.05, 0) is 55.0 Å². The van der Waals surface area contributed by atoms with Crippen molar-refractivity contribution >= 4 is 27.5 Å². The van der Waals surface area contributed by atoms with Crippen molar-refractivity contribution in [3.8, 4) is 5.75 Å². The average Bonchev–Trinajstić information content (AvgIpc) is 3.38.